The third-order valence-corrected chi connectivity index (χ3v) is 8.49. The molecule has 2 heterocycles. The van der Waals surface area contributed by atoms with Gasteiger partial charge in [0.15, 0.2) is 5.78 Å². The highest BCUT2D eigenvalue weighted by atomic mass is 16.3. The first kappa shape index (κ1) is 26.3. The van der Waals surface area contributed by atoms with E-state index in [2.05, 4.69) is 71.2 Å². The second kappa shape index (κ2) is 11.3. The molecule has 0 radical (unpaired) electrons. The van der Waals surface area contributed by atoms with Gasteiger partial charge in [-0.15, -0.1) is 0 Å². The molecule has 0 amide bonds. The van der Waals surface area contributed by atoms with E-state index in [4.69, 9.17) is 4.98 Å². The van der Waals surface area contributed by atoms with Crippen LogP contribution in [-0.4, -0.2) is 33.4 Å². The Balaban J connectivity index is 1.31. The number of ketones is 1. The van der Waals surface area contributed by atoms with Gasteiger partial charge in [-0.3, -0.25) is 9.20 Å². The molecule has 0 bridgehead atoms. The number of aliphatic hydroxyl groups is 1. The third-order valence-electron chi connectivity index (χ3n) is 8.49. The van der Waals surface area contributed by atoms with Gasteiger partial charge in [0.05, 0.1) is 18.0 Å². The number of para-hydroxylation sites is 1. The fourth-order valence-electron chi connectivity index (χ4n) is 6.67. The van der Waals surface area contributed by atoms with Gasteiger partial charge in [-0.25, -0.2) is 4.98 Å². The van der Waals surface area contributed by atoms with Gasteiger partial charge < -0.3 is 10.4 Å². The SMILES string of the molecule is Cc1cc(C)n2c(cc3c(Cc4ccc([C@H](C(=O)c5ccccc5NCCO)C5CCCC5)cc4)cccc32)n1. The van der Waals surface area contributed by atoms with Crippen molar-refractivity contribution in [2.75, 3.05) is 18.5 Å². The van der Waals surface area contributed by atoms with E-state index in [0.717, 1.165) is 41.9 Å². The van der Waals surface area contributed by atoms with Crippen molar-refractivity contribution >= 4 is 28.0 Å². The van der Waals surface area contributed by atoms with Crippen LogP contribution in [0.3, 0.4) is 0 Å². The Labute approximate surface area is 235 Å². The fourth-order valence-corrected chi connectivity index (χ4v) is 6.67. The highest BCUT2D eigenvalue weighted by Gasteiger charge is 2.33. The van der Waals surface area contributed by atoms with Gasteiger partial charge in [0.1, 0.15) is 5.65 Å². The number of carbonyl (C=O) groups is 1. The fraction of sp³-hybridized carbons (Fsp3) is 0.314. The maximum Gasteiger partial charge on any atom is 0.172 e. The average Bonchev–Trinajstić information content (AvgIpc) is 3.62. The molecule has 2 aromatic heterocycles. The molecular weight excluding hydrogens is 494 g/mol. The summed E-state index contributed by atoms with van der Waals surface area (Å²) < 4.78 is 2.24. The Morgan fingerprint density at radius 3 is 2.55 bits per heavy atom. The lowest BCUT2D eigenvalue weighted by atomic mass is 9.79. The summed E-state index contributed by atoms with van der Waals surface area (Å²) in [6, 6.07) is 27.3. The zero-order chi connectivity index (χ0) is 27.6. The second-order valence-electron chi connectivity index (χ2n) is 11.2. The number of hydrogen-bond acceptors (Lipinski definition) is 4. The largest absolute Gasteiger partial charge is 0.395 e. The standard InChI is InChI=1S/C35H37N3O2/c1-23-20-24(2)38-32-13-7-10-28(30(32)22-33(38)37-23)21-25-14-16-27(17-15-25)34(26-8-3-4-9-26)35(40)29-11-5-6-12-31(29)36-18-19-39/h5-7,10-17,20,22,26,34,36,39H,3-4,8-9,18-19,21H2,1-2H3/t34-/m1/s1. The molecule has 2 N–H and O–H groups in total. The first-order valence-corrected chi connectivity index (χ1v) is 14.5. The van der Waals surface area contributed by atoms with Crippen LogP contribution in [0.25, 0.3) is 16.6 Å². The number of Topliss-reactive ketones (excluding diaryl/α,β-unsaturated/α-hetero) is 1. The van der Waals surface area contributed by atoms with Crippen LogP contribution in [0.1, 0.15) is 70.0 Å². The molecule has 5 aromatic rings. The van der Waals surface area contributed by atoms with Gasteiger partial charge in [-0.2, -0.15) is 0 Å². The lowest BCUT2D eigenvalue weighted by molar-refractivity contribution is 0.0930. The highest BCUT2D eigenvalue weighted by Crippen LogP contribution is 2.40. The van der Waals surface area contributed by atoms with Crippen LogP contribution in [0, 0.1) is 19.8 Å². The number of benzene rings is 3. The Bertz CT molecular complexity index is 1660. The van der Waals surface area contributed by atoms with Gasteiger partial charge in [0.25, 0.3) is 0 Å². The van der Waals surface area contributed by atoms with Crippen LogP contribution in [-0.2, 0) is 6.42 Å². The third kappa shape index (κ3) is 5.02. The summed E-state index contributed by atoms with van der Waals surface area (Å²) >= 11 is 0. The van der Waals surface area contributed by atoms with Crippen LogP contribution in [0.2, 0.25) is 0 Å². The van der Waals surface area contributed by atoms with E-state index in [-0.39, 0.29) is 18.3 Å². The normalized spacial score (nSPS) is 14.7. The monoisotopic (exact) mass is 531 g/mol. The van der Waals surface area contributed by atoms with Gasteiger partial charge in [-0.1, -0.05) is 61.4 Å². The molecule has 1 aliphatic carbocycles. The molecule has 0 unspecified atom stereocenters. The van der Waals surface area contributed by atoms with Crippen molar-refractivity contribution in [2.24, 2.45) is 5.92 Å². The predicted molar refractivity (Wildman–Crippen MR) is 162 cm³/mol. The molecule has 5 nitrogen and oxygen atoms in total. The van der Waals surface area contributed by atoms with E-state index >= 15 is 0 Å². The van der Waals surface area contributed by atoms with Crippen LogP contribution in [0.4, 0.5) is 5.69 Å². The lowest BCUT2D eigenvalue weighted by Gasteiger charge is -2.24. The van der Waals surface area contributed by atoms with Crippen molar-refractivity contribution in [3.63, 3.8) is 0 Å². The lowest BCUT2D eigenvalue weighted by Crippen LogP contribution is -2.22. The summed E-state index contributed by atoms with van der Waals surface area (Å²) in [7, 11) is 0. The number of nitrogens with one attached hydrogen (secondary N) is 1. The van der Waals surface area contributed by atoms with Crippen LogP contribution < -0.4 is 5.32 Å². The Morgan fingerprint density at radius 2 is 1.77 bits per heavy atom. The molecule has 6 rings (SSSR count). The van der Waals surface area contributed by atoms with E-state index in [1.54, 1.807) is 0 Å². The molecule has 204 valence electrons. The van der Waals surface area contributed by atoms with Crippen molar-refractivity contribution in [1.29, 1.82) is 0 Å². The summed E-state index contributed by atoms with van der Waals surface area (Å²) in [6.45, 7) is 4.63. The minimum absolute atomic E-state index is 0.0267. The Kier molecular flexibility index (Phi) is 7.40. The van der Waals surface area contributed by atoms with Crippen LogP contribution in [0.15, 0.2) is 78.9 Å². The van der Waals surface area contributed by atoms with Gasteiger partial charge >= 0.3 is 0 Å². The molecule has 1 saturated carbocycles. The van der Waals surface area contributed by atoms with E-state index < -0.39 is 0 Å². The van der Waals surface area contributed by atoms with Crippen molar-refractivity contribution in [2.45, 2.75) is 51.9 Å². The average molecular weight is 532 g/mol. The molecule has 3 aromatic carbocycles. The quantitative estimate of drug-likeness (QED) is 0.197. The van der Waals surface area contributed by atoms with E-state index in [1.165, 1.54) is 40.6 Å². The van der Waals surface area contributed by atoms with E-state index in [9.17, 15) is 9.90 Å². The van der Waals surface area contributed by atoms with Crippen molar-refractivity contribution in [3.8, 4) is 0 Å². The van der Waals surface area contributed by atoms with Gasteiger partial charge in [-0.05, 0) is 86.1 Å². The predicted octanol–water partition coefficient (Wildman–Crippen LogP) is 7.26. The molecule has 0 saturated heterocycles. The number of nitrogens with zero attached hydrogens (tertiary/aromatic N) is 2. The number of aryl methyl sites for hydroxylation is 2. The summed E-state index contributed by atoms with van der Waals surface area (Å²) in [5.41, 5.74) is 9.52. The highest BCUT2D eigenvalue weighted by molar-refractivity contribution is 6.05. The number of rotatable bonds is 9. The number of anilines is 1. The molecule has 40 heavy (non-hydrogen) atoms. The van der Waals surface area contributed by atoms with Crippen molar-refractivity contribution in [3.05, 3.63) is 113 Å². The topological polar surface area (TPSA) is 66.6 Å². The maximum absolute atomic E-state index is 14.1. The maximum atomic E-state index is 14.1. The van der Waals surface area contributed by atoms with Crippen molar-refractivity contribution in [1.82, 2.24) is 9.38 Å². The molecule has 5 heteroatoms. The van der Waals surface area contributed by atoms with E-state index in [0.29, 0.717) is 18.0 Å². The van der Waals surface area contributed by atoms with E-state index in [1.807, 2.05) is 31.2 Å². The number of aromatic nitrogens is 2. The number of aliphatic hydroxyl groups excluding tert-OH is 1. The molecule has 1 aliphatic rings. The Hall–Kier alpha value is -3.96. The van der Waals surface area contributed by atoms with Crippen LogP contribution in [0.5, 0.6) is 0 Å². The molecule has 0 aliphatic heterocycles. The molecule has 0 spiro atoms. The first-order chi connectivity index (χ1) is 19.5. The summed E-state index contributed by atoms with van der Waals surface area (Å²) in [5, 5.41) is 13.8. The zero-order valence-electron chi connectivity index (χ0n) is 23.4. The summed E-state index contributed by atoms with van der Waals surface area (Å²) in [6.07, 6.45) is 5.35. The summed E-state index contributed by atoms with van der Waals surface area (Å²) in [5.74, 6) is 0.362. The molecule has 1 atom stereocenters. The van der Waals surface area contributed by atoms with Gasteiger partial charge in [0, 0.05) is 34.6 Å². The smallest absolute Gasteiger partial charge is 0.172 e. The van der Waals surface area contributed by atoms with Crippen LogP contribution >= 0.6 is 0 Å². The number of fused-ring (bicyclic) bond motifs is 3. The molecule has 1 fully saturated rings. The minimum atomic E-state index is -0.161. The number of carbonyl (C=O) groups excluding carboxylic acids is 1. The van der Waals surface area contributed by atoms with Gasteiger partial charge in [0.2, 0.25) is 0 Å². The number of hydrogen-bond donors (Lipinski definition) is 2. The summed E-state index contributed by atoms with van der Waals surface area (Å²) in [4.78, 5) is 18.8. The zero-order valence-corrected chi connectivity index (χ0v) is 23.4. The second-order valence-corrected chi connectivity index (χ2v) is 11.2. The molecular formula is C35H37N3O2. The Morgan fingerprint density at radius 1 is 1.00 bits per heavy atom. The minimum Gasteiger partial charge on any atom is -0.395 e. The first-order valence-electron chi connectivity index (χ1n) is 14.5. The van der Waals surface area contributed by atoms with Crippen molar-refractivity contribution < 1.29 is 9.90 Å².